The molecule has 4 heteroatoms. The highest BCUT2D eigenvalue weighted by Gasteiger charge is 2.34. The van der Waals surface area contributed by atoms with Crippen molar-refractivity contribution >= 4 is 14.3 Å². The average molecular weight is 473 g/mol. The molecule has 33 heavy (non-hydrogen) atoms. The minimum absolute atomic E-state index is 0.271. The van der Waals surface area contributed by atoms with Gasteiger partial charge in [-0.15, -0.1) is 0 Å². The number of benzene rings is 4. The third kappa shape index (κ3) is 7.16. The van der Waals surface area contributed by atoms with Crippen LogP contribution in [0.3, 0.4) is 0 Å². The number of hydrogen-bond acceptors (Lipinski definition) is 2. The van der Waals surface area contributed by atoms with E-state index in [2.05, 4.69) is 0 Å². The third-order valence-electron chi connectivity index (χ3n) is 5.77. The summed E-state index contributed by atoms with van der Waals surface area (Å²) in [6.07, 6.45) is 1.87. The molecule has 168 valence electrons. The molecule has 0 aromatic heterocycles. The first-order valence-electron chi connectivity index (χ1n) is 11.3. The molecule has 0 spiro atoms. The Morgan fingerprint density at radius 2 is 0.576 bits per heavy atom. The van der Waals surface area contributed by atoms with Crippen LogP contribution in [-0.4, -0.2) is 5.90 Å². The van der Waals surface area contributed by atoms with Crippen LogP contribution in [0.15, 0.2) is 121 Å². The molecular weight excluding hydrogens is 442 g/mol. The van der Waals surface area contributed by atoms with Crippen molar-refractivity contribution in [2.45, 2.75) is 24.6 Å². The van der Waals surface area contributed by atoms with Gasteiger partial charge in [-0.2, -0.15) is 0 Å². The van der Waals surface area contributed by atoms with Gasteiger partial charge in [-0.05, 0) is 22.3 Å². The van der Waals surface area contributed by atoms with Crippen LogP contribution in [-0.2, 0) is 33.8 Å². The highest BCUT2D eigenvalue weighted by Crippen LogP contribution is 2.67. The van der Waals surface area contributed by atoms with E-state index in [1.54, 1.807) is 0 Å². The van der Waals surface area contributed by atoms with E-state index in [9.17, 15) is 9.13 Å². The molecule has 0 N–H and O–H groups in total. The van der Waals surface area contributed by atoms with E-state index in [1.165, 1.54) is 0 Å². The van der Waals surface area contributed by atoms with Crippen molar-refractivity contribution in [2.24, 2.45) is 0 Å². The lowest BCUT2D eigenvalue weighted by molar-refractivity contribution is 0.567. The second-order valence-corrected chi connectivity index (χ2v) is 15.5. The Labute approximate surface area is 197 Å². The molecule has 0 unspecified atom stereocenters. The van der Waals surface area contributed by atoms with Gasteiger partial charge < -0.3 is 9.13 Å². The lowest BCUT2D eigenvalue weighted by Crippen LogP contribution is -2.04. The molecule has 0 aliphatic heterocycles. The first kappa shape index (κ1) is 23.5. The van der Waals surface area contributed by atoms with Crippen molar-refractivity contribution in [1.29, 1.82) is 0 Å². The van der Waals surface area contributed by atoms with Crippen LogP contribution in [0.4, 0.5) is 0 Å². The van der Waals surface area contributed by atoms with Crippen LogP contribution in [0.2, 0.25) is 0 Å². The van der Waals surface area contributed by atoms with Gasteiger partial charge in [0.2, 0.25) is 0 Å². The Bertz CT molecular complexity index is 1030. The molecule has 0 atom stereocenters. The second-order valence-electron chi connectivity index (χ2n) is 8.83. The molecule has 0 fully saturated rings. The lowest BCUT2D eigenvalue weighted by Gasteiger charge is -2.26. The standard InChI is InChI=1S/C29H30O2P2/c30-32(21-26-13-5-1-6-14-26,22-27-15-7-2-8-16-27)25-33(31,23-28-17-9-3-10-18-28)24-29-19-11-4-12-20-29/h1-20H,21-25H2. The molecule has 0 aliphatic rings. The molecule has 0 amide bonds. The fraction of sp³-hybridized carbons (Fsp3) is 0.172. The fourth-order valence-electron chi connectivity index (χ4n) is 4.45. The van der Waals surface area contributed by atoms with Crippen molar-refractivity contribution < 1.29 is 9.13 Å². The van der Waals surface area contributed by atoms with Crippen molar-refractivity contribution in [3.8, 4) is 0 Å². The van der Waals surface area contributed by atoms with Gasteiger partial charge in [0, 0.05) is 24.6 Å². The summed E-state index contributed by atoms with van der Waals surface area (Å²) in [4.78, 5) is 0. The smallest absolute Gasteiger partial charge is 0.103 e. The summed E-state index contributed by atoms with van der Waals surface area (Å²) in [6.45, 7) is 0. The minimum atomic E-state index is -2.82. The maximum atomic E-state index is 14.6. The Hall–Kier alpha value is -2.66. The summed E-state index contributed by atoms with van der Waals surface area (Å²) in [7, 11) is -5.64. The molecule has 0 saturated heterocycles. The number of rotatable bonds is 10. The molecular formula is C29H30O2P2. The van der Waals surface area contributed by atoms with E-state index in [4.69, 9.17) is 0 Å². The van der Waals surface area contributed by atoms with Crippen LogP contribution in [0, 0.1) is 0 Å². The van der Waals surface area contributed by atoms with Crippen molar-refractivity contribution in [2.75, 3.05) is 5.90 Å². The lowest BCUT2D eigenvalue weighted by atomic mass is 10.2. The Morgan fingerprint density at radius 3 is 0.788 bits per heavy atom. The molecule has 0 bridgehead atoms. The Balaban J connectivity index is 1.69. The van der Waals surface area contributed by atoms with Crippen LogP contribution >= 0.6 is 14.3 Å². The van der Waals surface area contributed by atoms with E-state index in [-0.39, 0.29) is 5.90 Å². The summed E-state index contributed by atoms with van der Waals surface area (Å²) in [5, 5.41) is 0. The topological polar surface area (TPSA) is 34.1 Å². The van der Waals surface area contributed by atoms with Crippen LogP contribution in [0.25, 0.3) is 0 Å². The van der Waals surface area contributed by atoms with E-state index in [0.717, 1.165) is 22.3 Å². The summed E-state index contributed by atoms with van der Waals surface area (Å²) in [6, 6.07) is 39.9. The van der Waals surface area contributed by atoms with Gasteiger partial charge in [0.1, 0.15) is 14.3 Å². The molecule has 0 saturated carbocycles. The van der Waals surface area contributed by atoms with Gasteiger partial charge in [0.05, 0.1) is 5.90 Å². The maximum absolute atomic E-state index is 14.6. The summed E-state index contributed by atoms with van der Waals surface area (Å²) in [5.74, 6) is 0.271. The van der Waals surface area contributed by atoms with Crippen molar-refractivity contribution in [3.63, 3.8) is 0 Å². The van der Waals surface area contributed by atoms with Gasteiger partial charge in [-0.1, -0.05) is 121 Å². The van der Waals surface area contributed by atoms with E-state index in [1.807, 2.05) is 121 Å². The number of hydrogen-bond donors (Lipinski definition) is 0. The predicted molar refractivity (Wildman–Crippen MR) is 141 cm³/mol. The molecule has 0 radical (unpaired) electrons. The zero-order valence-corrected chi connectivity index (χ0v) is 20.6. The second kappa shape index (κ2) is 11.0. The molecule has 4 aromatic carbocycles. The van der Waals surface area contributed by atoms with E-state index >= 15 is 0 Å². The molecule has 2 nitrogen and oxygen atoms in total. The van der Waals surface area contributed by atoms with Crippen molar-refractivity contribution in [1.82, 2.24) is 0 Å². The summed E-state index contributed by atoms with van der Waals surface area (Å²) < 4.78 is 29.2. The minimum Gasteiger partial charge on any atom is -0.322 e. The average Bonchev–Trinajstić information content (AvgIpc) is 2.81. The van der Waals surface area contributed by atoms with Gasteiger partial charge in [-0.25, -0.2) is 0 Å². The predicted octanol–water partition coefficient (Wildman–Crippen LogP) is 8.47. The first-order valence-corrected chi connectivity index (χ1v) is 15.8. The van der Waals surface area contributed by atoms with Gasteiger partial charge in [0.25, 0.3) is 0 Å². The zero-order valence-electron chi connectivity index (χ0n) is 18.8. The van der Waals surface area contributed by atoms with Crippen LogP contribution < -0.4 is 0 Å². The quantitative estimate of drug-likeness (QED) is 0.217. The summed E-state index contributed by atoms with van der Waals surface area (Å²) >= 11 is 0. The molecule has 4 rings (SSSR count). The fourth-order valence-corrected chi connectivity index (χ4v) is 13.5. The zero-order chi connectivity index (χ0) is 23.0. The monoisotopic (exact) mass is 472 g/mol. The Morgan fingerprint density at radius 1 is 0.364 bits per heavy atom. The van der Waals surface area contributed by atoms with Crippen LogP contribution in [0.1, 0.15) is 22.3 Å². The Kier molecular flexibility index (Phi) is 7.81. The van der Waals surface area contributed by atoms with E-state index in [0.29, 0.717) is 24.6 Å². The van der Waals surface area contributed by atoms with Crippen molar-refractivity contribution in [3.05, 3.63) is 144 Å². The molecule has 0 aliphatic carbocycles. The largest absolute Gasteiger partial charge is 0.322 e. The van der Waals surface area contributed by atoms with Gasteiger partial charge in [-0.3, -0.25) is 0 Å². The van der Waals surface area contributed by atoms with Gasteiger partial charge in [0.15, 0.2) is 0 Å². The third-order valence-corrected chi connectivity index (χ3v) is 13.7. The van der Waals surface area contributed by atoms with Gasteiger partial charge >= 0.3 is 0 Å². The normalized spacial score (nSPS) is 11.9. The first-order chi connectivity index (χ1) is 16.0. The molecule has 0 heterocycles. The SMILES string of the molecule is O=P(Cc1ccccc1)(Cc1ccccc1)CP(=O)(Cc1ccccc1)Cc1ccccc1. The summed E-state index contributed by atoms with van der Waals surface area (Å²) in [5.41, 5.74) is 4.18. The maximum Gasteiger partial charge on any atom is 0.103 e. The highest BCUT2D eigenvalue weighted by molar-refractivity contribution is 7.79. The van der Waals surface area contributed by atoms with Crippen LogP contribution in [0.5, 0.6) is 0 Å². The van der Waals surface area contributed by atoms with E-state index < -0.39 is 14.3 Å². The molecule has 4 aromatic rings. The highest BCUT2D eigenvalue weighted by atomic mass is 31.2.